The van der Waals surface area contributed by atoms with Gasteiger partial charge in [0.25, 0.3) is 0 Å². The second-order valence-electron chi connectivity index (χ2n) is 4.39. The molecule has 0 radical (unpaired) electrons. The molecule has 2 aromatic rings. The van der Waals surface area contributed by atoms with Crippen molar-refractivity contribution in [3.63, 3.8) is 0 Å². The first-order valence-corrected chi connectivity index (χ1v) is 6.56. The summed E-state index contributed by atoms with van der Waals surface area (Å²) in [6.45, 7) is -0.781. The van der Waals surface area contributed by atoms with Gasteiger partial charge in [0.05, 0.1) is 11.7 Å². The van der Waals surface area contributed by atoms with Crippen LogP contribution in [0.5, 0.6) is 5.75 Å². The third-order valence-corrected chi connectivity index (χ3v) is 3.04. The Morgan fingerprint density at radius 2 is 1.65 bits per heavy atom. The number of hydrogen-bond acceptors (Lipinski definition) is 2. The number of rotatable bonds is 6. The van der Waals surface area contributed by atoms with Crippen LogP contribution >= 0.6 is 0 Å². The number of halogens is 2. The maximum absolute atomic E-state index is 12.4. The van der Waals surface area contributed by atoms with E-state index < -0.39 is 6.61 Å². The number of ether oxygens (including phenoxy) is 1. The fraction of sp³-hybridized carbons (Fsp3) is 0.250. The lowest BCUT2D eigenvalue weighted by Gasteiger charge is -2.20. The molecule has 0 bridgehead atoms. The van der Waals surface area contributed by atoms with Gasteiger partial charge in [-0.15, -0.1) is 0 Å². The molecule has 2 nitrogen and oxygen atoms in total. The Kier molecular flexibility index (Phi) is 4.93. The number of benzene rings is 2. The fourth-order valence-electron chi connectivity index (χ4n) is 2.08. The van der Waals surface area contributed by atoms with Gasteiger partial charge in [0.1, 0.15) is 5.75 Å². The van der Waals surface area contributed by atoms with Gasteiger partial charge in [-0.2, -0.15) is 8.78 Å². The van der Waals surface area contributed by atoms with Crippen LogP contribution in [0.15, 0.2) is 54.6 Å². The summed E-state index contributed by atoms with van der Waals surface area (Å²) in [6, 6.07) is 16.7. The molecule has 106 valence electrons. The van der Waals surface area contributed by atoms with Crippen LogP contribution in [0.3, 0.4) is 0 Å². The van der Waals surface area contributed by atoms with Gasteiger partial charge in [-0.25, -0.2) is 0 Å². The highest BCUT2D eigenvalue weighted by Crippen LogP contribution is 2.30. The smallest absolute Gasteiger partial charge is 0.387 e. The molecular weight excluding hydrogens is 260 g/mol. The minimum atomic E-state index is -2.82. The number of para-hydroxylation sites is 2. The van der Waals surface area contributed by atoms with Crippen molar-refractivity contribution < 1.29 is 13.5 Å². The zero-order chi connectivity index (χ0) is 14.4. The van der Waals surface area contributed by atoms with Crippen LogP contribution in [-0.4, -0.2) is 6.61 Å². The molecule has 1 N–H and O–H groups in total. The molecule has 4 heteroatoms. The molecule has 1 unspecified atom stereocenters. The highest BCUT2D eigenvalue weighted by atomic mass is 19.3. The Hall–Kier alpha value is -2.10. The van der Waals surface area contributed by atoms with Crippen LogP contribution in [0.2, 0.25) is 0 Å². The topological polar surface area (TPSA) is 21.3 Å². The van der Waals surface area contributed by atoms with Gasteiger partial charge in [0.2, 0.25) is 0 Å². The number of anilines is 1. The second kappa shape index (κ2) is 6.89. The molecule has 0 heterocycles. The molecule has 0 saturated heterocycles. The molecule has 2 aromatic carbocycles. The Morgan fingerprint density at radius 1 is 1.00 bits per heavy atom. The minimum Gasteiger partial charge on any atom is -0.433 e. The molecule has 0 spiro atoms. The van der Waals surface area contributed by atoms with Gasteiger partial charge >= 0.3 is 6.61 Å². The van der Waals surface area contributed by atoms with Crippen LogP contribution in [0.4, 0.5) is 14.5 Å². The van der Waals surface area contributed by atoms with Crippen molar-refractivity contribution in [2.45, 2.75) is 26.0 Å². The summed E-state index contributed by atoms with van der Waals surface area (Å²) in [4.78, 5) is 0. The van der Waals surface area contributed by atoms with Crippen molar-refractivity contribution >= 4 is 5.69 Å². The van der Waals surface area contributed by atoms with E-state index in [-0.39, 0.29) is 11.8 Å². The molecule has 0 fully saturated rings. The molecule has 0 aromatic heterocycles. The van der Waals surface area contributed by atoms with Crippen molar-refractivity contribution in [3.05, 3.63) is 60.2 Å². The highest BCUT2D eigenvalue weighted by Gasteiger charge is 2.13. The molecule has 2 rings (SSSR count). The normalized spacial score (nSPS) is 12.2. The first-order valence-electron chi connectivity index (χ1n) is 6.56. The summed E-state index contributed by atoms with van der Waals surface area (Å²) in [5, 5.41) is 3.26. The van der Waals surface area contributed by atoms with Crippen molar-refractivity contribution in [1.29, 1.82) is 0 Å². The highest BCUT2D eigenvalue weighted by molar-refractivity contribution is 5.57. The molecular formula is C16H17F2NO. The maximum atomic E-state index is 12.4. The fourth-order valence-corrected chi connectivity index (χ4v) is 2.08. The molecule has 0 aliphatic heterocycles. The number of hydrogen-bond donors (Lipinski definition) is 1. The summed E-state index contributed by atoms with van der Waals surface area (Å²) in [5.74, 6) is 0.164. The average Bonchev–Trinajstić information content (AvgIpc) is 2.46. The minimum absolute atomic E-state index is 0.0543. The van der Waals surface area contributed by atoms with E-state index in [1.165, 1.54) is 6.07 Å². The van der Waals surface area contributed by atoms with Crippen LogP contribution in [0.25, 0.3) is 0 Å². The Morgan fingerprint density at radius 3 is 2.30 bits per heavy atom. The van der Waals surface area contributed by atoms with Crippen molar-refractivity contribution in [2.75, 3.05) is 5.32 Å². The van der Waals surface area contributed by atoms with Crippen LogP contribution < -0.4 is 10.1 Å². The zero-order valence-corrected chi connectivity index (χ0v) is 11.2. The summed E-state index contributed by atoms with van der Waals surface area (Å²) >= 11 is 0. The zero-order valence-electron chi connectivity index (χ0n) is 11.2. The standard InChI is InChI=1S/C16H17F2NO/c1-2-13(12-8-4-3-5-9-12)19-14-10-6-7-11-15(14)20-16(17)18/h3-11,13,16,19H,2H2,1H3. The van der Waals surface area contributed by atoms with Crippen LogP contribution in [0, 0.1) is 0 Å². The Balaban J connectivity index is 2.20. The lowest BCUT2D eigenvalue weighted by molar-refractivity contribution is -0.0493. The van der Waals surface area contributed by atoms with Crippen LogP contribution in [0.1, 0.15) is 24.9 Å². The van der Waals surface area contributed by atoms with E-state index in [4.69, 9.17) is 0 Å². The first kappa shape index (κ1) is 14.3. The van der Waals surface area contributed by atoms with E-state index in [0.717, 1.165) is 12.0 Å². The predicted molar refractivity (Wildman–Crippen MR) is 76.2 cm³/mol. The first-order chi connectivity index (χ1) is 9.70. The molecule has 20 heavy (non-hydrogen) atoms. The quantitative estimate of drug-likeness (QED) is 0.814. The molecule has 1 atom stereocenters. The van der Waals surface area contributed by atoms with Gasteiger partial charge in [0, 0.05) is 0 Å². The molecule has 0 amide bonds. The second-order valence-corrected chi connectivity index (χ2v) is 4.39. The Labute approximate surface area is 117 Å². The average molecular weight is 277 g/mol. The third-order valence-electron chi connectivity index (χ3n) is 3.04. The van der Waals surface area contributed by atoms with E-state index in [1.807, 2.05) is 37.3 Å². The summed E-state index contributed by atoms with van der Waals surface area (Å²) < 4.78 is 29.3. The lowest BCUT2D eigenvalue weighted by atomic mass is 10.0. The SMILES string of the molecule is CCC(Nc1ccccc1OC(F)F)c1ccccc1. The van der Waals surface area contributed by atoms with Gasteiger partial charge in [-0.3, -0.25) is 0 Å². The summed E-state index contributed by atoms with van der Waals surface area (Å²) in [5.41, 5.74) is 1.69. The van der Waals surface area contributed by atoms with Crippen molar-refractivity contribution in [2.24, 2.45) is 0 Å². The van der Waals surface area contributed by atoms with Crippen molar-refractivity contribution in [3.8, 4) is 5.75 Å². The molecule has 0 aliphatic rings. The Bertz CT molecular complexity index is 531. The van der Waals surface area contributed by atoms with Gasteiger partial charge in [0.15, 0.2) is 0 Å². The summed E-state index contributed by atoms with van der Waals surface area (Å²) in [7, 11) is 0. The van der Waals surface area contributed by atoms with E-state index in [1.54, 1.807) is 18.2 Å². The van der Waals surface area contributed by atoms with E-state index in [9.17, 15) is 8.78 Å². The summed E-state index contributed by atoms with van der Waals surface area (Å²) in [6.07, 6.45) is 0.840. The van der Waals surface area contributed by atoms with Gasteiger partial charge < -0.3 is 10.1 Å². The monoisotopic (exact) mass is 277 g/mol. The molecule has 0 aliphatic carbocycles. The van der Waals surface area contributed by atoms with Gasteiger partial charge in [-0.05, 0) is 24.1 Å². The third kappa shape index (κ3) is 3.70. The number of nitrogens with one attached hydrogen (secondary N) is 1. The lowest BCUT2D eigenvalue weighted by Crippen LogP contribution is -2.12. The molecule has 0 saturated carbocycles. The van der Waals surface area contributed by atoms with E-state index in [2.05, 4.69) is 10.1 Å². The maximum Gasteiger partial charge on any atom is 0.387 e. The van der Waals surface area contributed by atoms with Crippen LogP contribution in [-0.2, 0) is 0 Å². The van der Waals surface area contributed by atoms with E-state index >= 15 is 0 Å². The predicted octanol–water partition coefficient (Wildman–Crippen LogP) is 4.85. The van der Waals surface area contributed by atoms with Crippen molar-refractivity contribution in [1.82, 2.24) is 0 Å². The largest absolute Gasteiger partial charge is 0.433 e. The number of alkyl halides is 2. The van der Waals surface area contributed by atoms with E-state index in [0.29, 0.717) is 5.69 Å². The van der Waals surface area contributed by atoms with Gasteiger partial charge in [-0.1, -0.05) is 49.4 Å².